The van der Waals surface area contributed by atoms with Crippen LogP contribution in [-0.4, -0.2) is 37.4 Å². The molecular formula is C12H8N6O2. The lowest BCUT2D eigenvalue weighted by atomic mass is 10.1. The Morgan fingerprint density at radius 3 is 2.80 bits per heavy atom. The standard InChI is InChI=1S/C12H8N6O2/c1-2-10-11(20-6-19-10)3-7(1)8-4-9(14-5-13-8)12-15-17-18-16-12/h1-5H,6H2,(H,15,16,17,18). The van der Waals surface area contributed by atoms with E-state index in [1.165, 1.54) is 6.33 Å². The first-order valence-corrected chi connectivity index (χ1v) is 5.86. The van der Waals surface area contributed by atoms with Crippen molar-refractivity contribution in [2.45, 2.75) is 0 Å². The Labute approximate surface area is 112 Å². The van der Waals surface area contributed by atoms with E-state index in [2.05, 4.69) is 30.6 Å². The van der Waals surface area contributed by atoms with Gasteiger partial charge in [0.25, 0.3) is 0 Å². The van der Waals surface area contributed by atoms with Gasteiger partial charge in [-0.2, -0.15) is 5.21 Å². The van der Waals surface area contributed by atoms with Gasteiger partial charge in [-0.3, -0.25) is 0 Å². The molecule has 0 unspecified atom stereocenters. The number of H-pyrrole nitrogens is 1. The molecule has 8 nitrogen and oxygen atoms in total. The largest absolute Gasteiger partial charge is 0.454 e. The van der Waals surface area contributed by atoms with Gasteiger partial charge in [-0.1, -0.05) is 0 Å². The van der Waals surface area contributed by atoms with E-state index in [4.69, 9.17) is 9.47 Å². The topological polar surface area (TPSA) is 98.7 Å². The van der Waals surface area contributed by atoms with E-state index in [1.54, 1.807) is 6.07 Å². The van der Waals surface area contributed by atoms with Crippen molar-refractivity contribution in [3.05, 3.63) is 30.6 Å². The minimum Gasteiger partial charge on any atom is -0.454 e. The molecule has 4 rings (SSSR count). The van der Waals surface area contributed by atoms with Crippen molar-refractivity contribution in [3.8, 4) is 34.3 Å². The molecule has 0 saturated heterocycles. The third-order valence-corrected chi connectivity index (χ3v) is 2.91. The average molecular weight is 268 g/mol. The van der Waals surface area contributed by atoms with E-state index in [-0.39, 0.29) is 6.79 Å². The van der Waals surface area contributed by atoms with Crippen LogP contribution in [0.15, 0.2) is 30.6 Å². The highest BCUT2D eigenvalue weighted by Gasteiger charge is 2.15. The maximum absolute atomic E-state index is 5.36. The third kappa shape index (κ3) is 1.74. The van der Waals surface area contributed by atoms with Crippen molar-refractivity contribution in [3.63, 3.8) is 0 Å². The molecule has 20 heavy (non-hydrogen) atoms. The molecular weight excluding hydrogens is 260 g/mol. The monoisotopic (exact) mass is 268 g/mol. The lowest BCUT2D eigenvalue weighted by Gasteiger charge is -2.03. The summed E-state index contributed by atoms with van der Waals surface area (Å²) in [4.78, 5) is 8.38. The maximum Gasteiger partial charge on any atom is 0.231 e. The summed E-state index contributed by atoms with van der Waals surface area (Å²) in [6, 6.07) is 7.44. The van der Waals surface area contributed by atoms with E-state index in [0.29, 0.717) is 17.3 Å². The Hall–Kier alpha value is -3.03. The fourth-order valence-electron chi connectivity index (χ4n) is 1.96. The summed E-state index contributed by atoms with van der Waals surface area (Å²) in [5.41, 5.74) is 2.25. The molecule has 0 saturated carbocycles. The van der Waals surface area contributed by atoms with Crippen LogP contribution in [-0.2, 0) is 0 Å². The molecule has 0 atom stereocenters. The number of benzene rings is 1. The van der Waals surface area contributed by atoms with Crippen molar-refractivity contribution >= 4 is 0 Å². The van der Waals surface area contributed by atoms with Crippen molar-refractivity contribution in [1.82, 2.24) is 30.6 Å². The predicted octanol–water partition coefficient (Wildman–Crippen LogP) is 1.05. The summed E-state index contributed by atoms with van der Waals surface area (Å²) in [6.07, 6.45) is 1.46. The zero-order valence-corrected chi connectivity index (χ0v) is 10.1. The second-order valence-electron chi connectivity index (χ2n) is 4.09. The van der Waals surface area contributed by atoms with Crippen molar-refractivity contribution in [2.24, 2.45) is 0 Å². The molecule has 1 aliphatic heterocycles. The van der Waals surface area contributed by atoms with Gasteiger partial charge in [0.2, 0.25) is 12.6 Å². The zero-order valence-electron chi connectivity index (χ0n) is 10.1. The molecule has 0 bridgehead atoms. The van der Waals surface area contributed by atoms with Gasteiger partial charge < -0.3 is 9.47 Å². The number of hydrogen-bond acceptors (Lipinski definition) is 7. The first-order chi connectivity index (χ1) is 9.90. The quantitative estimate of drug-likeness (QED) is 0.741. The van der Waals surface area contributed by atoms with Gasteiger partial charge in [0.05, 0.1) is 5.69 Å². The average Bonchev–Trinajstić information content (AvgIpc) is 3.18. The highest BCUT2D eigenvalue weighted by molar-refractivity contribution is 5.67. The number of ether oxygens (including phenoxy) is 2. The Balaban J connectivity index is 1.77. The molecule has 98 valence electrons. The summed E-state index contributed by atoms with van der Waals surface area (Å²) in [5.74, 6) is 1.87. The molecule has 1 N–H and O–H groups in total. The Morgan fingerprint density at radius 1 is 1.00 bits per heavy atom. The summed E-state index contributed by atoms with van der Waals surface area (Å²) in [6.45, 7) is 0.247. The molecule has 8 heteroatoms. The lowest BCUT2D eigenvalue weighted by molar-refractivity contribution is 0.174. The number of tetrazole rings is 1. The van der Waals surface area contributed by atoms with Gasteiger partial charge in [0.15, 0.2) is 11.5 Å². The highest BCUT2D eigenvalue weighted by atomic mass is 16.7. The van der Waals surface area contributed by atoms with Crippen LogP contribution in [0.3, 0.4) is 0 Å². The number of hydrogen-bond donors (Lipinski definition) is 1. The molecule has 0 spiro atoms. The Morgan fingerprint density at radius 2 is 1.90 bits per heavy atom. The van der Waals surface area contributed by atoms with Gasteiger partial charge in [-0.15, -0.1) is 10.2 Å². The fraction of sp³-hybridized carbons (Fsp3) is 0.0833. The van der Waals surface area contributed by atoms with Crippen LogP contribution in [0, 0.1) is 0 Å². The fourth-order valence-corrected chi connectivity index (χ4v) is 1.96. The van der Waals surface area contributed by atoms with Gasteiger partial charge in [-0.25, -0.2) is 9.97 Å². The second kappa shape index (κ2) is 4.26. The third-order valence-electron chi connectivity index (χ3n) is 2.91. The number of rotatable bonds is 2. The number of fused-ring (bicyclic) bond motifs is 1. The summed E-state index contributed by atoms with van der Waals surface area (Å²) >= 11 is 0. The van der Waals surface area contributed by atoms with Crippen molar-refractivity contribution < 1.29 is 9.47 Å². The van der Waals surface area contributed by atoms with E-state index >= 15 is 0 Å². The number of aromatic amines is 1. The van der Waals surface area contributed by atoms with Gasteiger partial charge in [0, 0.05) is 5.56 Å². The number of aromatic nitrogens is 6. The summed E-state index contributed by atoms with van der Waals surface area (Å²) in [7, 11) is 0. The molecule has 1 aromatic carbocycles. The molecule has 0 amide bonds. The van der Waals surface area contributed by atoms with Crippen LogP contribution in [0.4, 0.5) is 0 Å². The van der Waals surface area contributed by atoms with Gasteiger partial charge >= 0.3 is 0 Å². The maximum atomic E-state index is 5.36. The molecule has 0 radical (unpaired) electrons. The number of nitrogens with zero attached hydrogens (tertiary/aromatic N) is 5. The van der Waals surface area contributed by atoms with E-state index < -0.39 is 0 Å². The van der Waals surface area contributed by atoms with Gasteiger partial charge in [0.1, 0.15) is 12.0 Å². The van der Waals surface area contributed by atoms with Crippen LogP contribution >= 0.6 is 0 Å². The minimum absolute atomic E-state index is 0.247. The van der Waals surface area contributed by atoms with Crippen LogP contribution in [0.25, 0.3) is 22.8 Å². The van der Waals surface area contributed by atoms with Crippen molar-refractivity contribution in [1.29, 1.82) is 0 Å². The Kier molecular flexibility index (Phi) is 2.31. The smallest absolute Gasteiger partial charge is 0.231 e. The van der Waals surface area contributed by atoms with Gasteiger partial charge in [-0.05, 0) is 29.5 Å². The van der Waals surface area contributed by atoms with E-state index in [0.717, 1.165) is 17.0 Å². The normalized spacial score (nSPS) is 12.6. The molecule has 3 aromatic rings. The van der Waals surface area contributed by atoms with Crippen LogP contribution in [0.1, 0.15) is 0 Å². The van der Waals surface area contributed by atoms with E-state index in [9.17, 15) is 0 Å². The van der Waals surface area contributed by atoms with Crippen LogP contribution < -0.4 is 9.47 Å². The Bertz CT molecular complexity index is 758. The van der Waals surface area contributed by atoms with E-state index in [1.807, 2.05) is 18.2 Å². The summed E-state index contributed by atoms with van der Waals surface area (Å²) < 4.78 is 10.6. The molecule has 2 aromatic heterocycles. The molecule has 3 heterocycles. The first kappa shape index (κ1) is 10.9. The lowest BCUT2D eigenvalue weighted by Crippen LogP contribution is -1.93. The summed E-state index contributed by atoms with van der Waals surface area (Å²) in [5, 5.41) is 13.7. The predicted molar refractivity (Wildman–Crippen MR) is 66.8 cm³/mol. The molecule has 1 aliphatic rings. The van der Waals surface area contributed by atoms with Crippen LogP contribution in [0.2, 0.25) is 0 Å². The zero-order chi connectivity index (χ0) is 13.4. The first-order valence-electron chi connectivity index (χ1n) is 5.86. The number of nitrogens with one attached hydrogen (secondary N) is 1. The SMILES string of the molecule is c1nc(-c2ccc3c(c2)OCO3)cc(-c2nn[nH]n2)n1. The molecule has 0 aliphatic carbocycles. The van der Waals surface area contributed by atoms with Crippen molar-refractivity contribution in [2.75, 3.05) is 6.79 Å². The molecule has 0 fully saturated rings. The second-order valence-corrected chi connectivity index (χ2v) is 4.09. The highest BCUT2D eigenvalue weighted by Crippen LogP contribution is 2.35. The van der Waals surface area contributed by atoms with Crippen LogP contribution in [0.5, 0.6) is 11.5 Å². The minimum atomic E-state index is 0.247.